The lowest BCUT2D eigenvalue weighted by atomic mass is 9.95. The van der Waals surface area contributed by atoms with Crippen LogP contribution in [0.1, 0.15) is 11.5 Å². The second-order valence-electron chi connectivity index (χ2n) is 5.68. The largest absolute Gasteiger partial charge is 0.386 e. The van der Waals surface area contributed by atoms with Gasteiger partial charge < -0.3 is 10.5 Å². The van der Waals surface area contributed by atoms with Crippen LogP contribution >= 0.6 is 23.4 Å². The van der Waals surface area contributed by atoms with Gasteiger partial charge in [0.05, 0.1) is 18.7 Å². The van der Waals surface area contributed by atoms with E-state index in [1.54, 1.807) is 0 Å². The number of hydrogen-bond acceptors (Lipinski definition) is 6. The molecule has 4 rings (SSSR count). The summed E-state index contributed by atoms with van der Waals surface area (Å²) in [7, 11) is 0. The molecule has 23 heavy (non-hydrogen) atoms. The molecule has 1 aromatic rings. The molecule has 1 aromatic carbocycles. The summed E-state index contributed by atoms with van der Waals surface area (Å²) >= 11 is 7.49. The van der Waals surface area contributed by atoms with Crippen molar-refractivity contribution < 1.29 is 9.13 Å². The highest BCUT2D eigenvalue weighted by molar-refractivity contribution is 8.00. The summed E-state index contributed by atoms with van der Waals surface area (Å²) in [6.07, 6.45) is 0. The average molecular weight is 349 g/mol. The number of ether oxygens (including phenoxy) is 1. The first-order valence-electron chi connectivity index (χ1n) is 6.91. The fourth-order valence-corrected chi connectivity index (χ4v) is 5.54. The van der Waals surface area contributed by atoms with E-state index in [1.165, 1.54) is 30.0 Å². The highest BCUT2D eigenvalue weighted by Crippen LogP contribution is 2.84. The van der Waals surface area contributed by atoms with Crippen LogP contribution in [0.4, 0.5) is 4.39 Å². The van der Waals surface area contributed by atoms with E-state index in [2.05, 4.69) is 17.1 Å². The first kappa shape index (κ1) is 14.8. The maximum Gasteiger partial charge on any atom is 0.230 e. The van der Waals surface area contributed by atoms with Crippen LogP contribution in [0, 0.1) is 39.3 Å². The van der Waals surface area contributed by atoms with E-state index in [4.69, 9.17) is 22.1 Å². The van der Waals surface area contributed by atoms with Crippen LogP contribution in [0.5, 0.6) is 0 Å². The zero-order valence-electron chi connectivity index (χ0n) is 11.7. The molecule has 2 heterocycles. The predicted molar refractivity (Wildman–Crippen MR) is 83.0 cm³/mol. The van der Waals surface area contributed by atoms with Crippen LogP contribution in [0.25, 0.3) is 0 Å². The quantitative estimate of drug-likeness (QED) is 0.840. The molecule has 1 saturated heterocycles. The van der Waals surface area contributed by atoms with Gasteiger partial charge in [-0.25, -0.2) is 9.38 Å². The number of hydrogen-bond donors (Lipinski definition) is 1. The summed E-state index contributed by atoms with van der Waals surface area (Å²) in [6.45, 7) is 0.393. The number of nitriles is 2. The number of fused-ring (bicyclic) bond motifs is 2. The topological polar surface area (TPSA) is 95.2 Å². The first-order chi connectivity index (χ1) is 11.0. The van der Waals surface area contributed by atoms with Crippen molar-refractivity contribution in [1.29, 1.82) is 10.5 Å². The molecule has 0 bridgehead atoms. The summed E-state index contributed by atoms with van der Waals surface area (Å²) in [4.78, 5) is 4.30. The Morgan fingerprint density at radius 1 is 1.43 bits per heavy atom. The number of amidine groups is 1. The predicted octanol–water partition coefficient (Wildman–Crippen LogP) is 2.38. The van der Waals surface area contributed by atoms with E-state index in [0.29, 0.717) is 12.4 Å². The molecule has 2 fully saturated rings. The molecule has 116 valence electrons. The van der Waals surface area contributed by atoms with Gasteiger partial charge in [0.1, 0.15) is 17.1 Å². The Bertz CT molecular complexity index is 821. The van der Waals surface area contributed by atoms with Gasteiger partial charge in [-0.05, 0) is 12.1 Å². The smallest absolute Gasteiger partial charge is 0.230 e. The molecule has 3 aliphatic rings. The van der Waals surface area contributed by atoms with Gasteiger partial charge in [0.2, 0.25) is 5.06 Å². The first-order valence-corrected chi connectivity index (χ1v) is 8.27. The van der Waals surface area contributed by atoms with Crippen molar-refractivity contribution in [1.82, 2.24) is 0 Å². The monoisotopic (exact) mass is 348 g/mol. The van der Waals surface area contributed by atoms with Gasteiger partial charge in [0.15, 0.2) is 5.41 Å². The Morgan fingerprint density at radius 3 is 2.78 bits per heavy atom. The van der Waals surface area contributed by atoms with Crippen LogP contribution in [0.15, 0.2) is 23.2 Å². The van der Waals surface area contributed by atoms with Crippen LogP contribution in [-0.2, 0) is 4.74 Å². The van der Waals surface area contributed by atoms with Gasteiger partial charge in [-0.15, -0.1) is 0 Å². The summed E-state index contributed by atoms with van der Waals surface area (Å²) in [5, 5.41) is 18.6. The van der Waals surface area contributed by atoms with Gasteiger partial charge in [-0.1, -0.05) is 29.4 Å². The van der Waals surface area contributed by atoms with Crippen molar-refractivity contribution in [2.75, 3.05) is 12.4 Å². The van der Waals surface area contributed by atoms with E-state index in [0.717, 1.165) is 0 Å². The molecule has 0 aromatic heterocycles. The third-order valence-corrected chi connectivity index (χ3v) is 6.52. The maximum absolute atomic E-state index is 14.4. The molecule has 8 heteroatoms. The normalized spacial score (nSPS) is 40.3. The number of nitrogens with two attached hydrogens (primary N) is 1. The zero-order valence-corrected chi connectivity index (χ0v) is 13.3. The van der Waals surface area contributed by atoms with Crippen molar-refractivity contribution in [2.45, 2.75) is 11.0 Å². The highest BCUT2D eigenvalue weighted by Gasteiger charge is 2.93. The van der Waals surface area contributed by atoms with Crippen molar-refractivity contribution in [3.63, 3.8) is 0 Å². The minimum absolute atomic E-state index is 0.0141. The fourth-order valence-electron chi connectivity index (χ4n) is 3.94. The lowest BCUT2D eigenvalue weighted by Gasteiger charge is -2.26. The number of rotatable bonds is 1. The third kappa shape index (κ3) is 1.36. The van der Waals surface area contributed by atoms with Gasteiger partial charge >= 0.3 is 0 Å². The molecule has 0 amide bonds. The summed E-state index contributed by atoms with van der Waals surface area (Å²) in [5.74, 6) is -0.728. The molecule has 5 nitrogen and oxygen atoms in total. The van der Waals surface area contributed by atoms with E-state index in [9.17, 15) is 14.9 Å². The summed E-state index contributed by atoms with van der Waals surface area (Å²) in [6, 6.07) is 8.57. The second-order valence-corrected chi connectivity index (χ2v) is 7.34. The van der Waals surface area contributed by atoms with Crippen LogP contribution in [-0.4, -0.2) is 23.3 Å². The molecule has 1 spiro atoms. The Morgan fingerprint density at radius 2 is 2.22 bits per heavy atom. The molecule has 4 atom stereocenters. The lowest BCUT2D eigenvalue weighted by molar-refractivity contribution is 0.0199. The molecule has 2 aliphatic heterocycles. The Kier molecular flexibility index (Phi) is 2.82. The van der Waals surface area contributed by atoms with Crippen LogP contribution < -0.4 is 5.73 Å². The highest BCUT2D eigenvalue weighted by atomic mass is 35.5. The third-order valence-electron chi connectivity index (χ3n) is 4.89. The van der Waals surface area contributed by atoms with Crippen LogP contribution in [0.3, 0.4) is 0 Å². The average Bonchev–Trinajstić information content (AvgIpc) is 2.77. The molecule has 1 aliphatic carbocycles. The fraction of sp³-hybridized carbons (Fsp3) is 0.400. The van der Waals surface area contributed by atoms with Crippen LogP contribution in [0.2, 0.25) is 5.02 Å². The number of benzene rings is 1. The number of aliphatic imine (C=N–C) groups is 1. The van der Waals surface area contributed by atoms with Crippen molar-refractivity contribution in [3.05, 3.63) is 34.6 Å². The van der Waals surface area contributed by atoms with E-state index < -0.39 is 27.6 Å². The second kappa shape index (κ2) is 4.39. The molecular formula is C15H10ClFN4OS. The Balaban J connectivity index is 2.00. The number of halogens is 2. The standard InChI is InChI=1S/C15H10ClFN4OS/c16-8-2-1-3-9(17)10(8)11-13(6-18)12(20)21-15(14(11,13)7-19)22-4-5-23-15/h1-3,11H,4-5H2,(H2,20,21)/t11-,13-,14-,15-/m1/s1. The van der Waals surface area contributed by atoms with Gasteiger partial charge in [0, 0.05) is 22.3 Å². The van der Waals surface area contributed by atoms with E-state index in [1.807, 2.05) is 0 Å². The Labute approximate surface area is 140 Å². The minimum Gasteiger partial charge on any atom is -0.386 e. The Hall–Kier alpha value is -1.80. The van der Waals surface area contributed by atoms with Crippen molar-refractivity contribution in [2.24, 2.45) is 21.6 Å². The summed E-state index contributed by atoms with van der Waals surface area (Å²) in [5.41, 5.74) is 3.38. The molecule has 1 saturated carbocycles. The van der Waals surface area contributed by atoms with Gasteiger partial charge in [-0.2, -0.15) is 10.5 Å². The van der Waals surface area contributed by atoms with Crippen molar-refractivity contribution in [3.8, 4) is 12.1 Å². The van der Waals surface area contributed by atoms with E-state index >= 15 is 0 Å². The van der Waals surface area contributed by atoms with Gasteiger partial charge in [-0.3, -0.25) is 0 Å². The molecule has 0 unspecified atom stereocenters. The maximum atomic E-state index is 14.4. The molecule has 0 radical (unpaired) electrons. The number of nitrogens with zero attached hydrogens (tertiary/aromatic N) is 3. The van der Waals surface area contributed by atoms with E-state index in [-0.39, 0.29) is 16.4 Å². The van der Waals surface area contributed by atoms with Gasteiger partial charge in [0.25, 0.3) is 0 Å². The zero-order chi connectivity index (χ0) is 16.5. The SMILES string of the molecule is N#C[C@@]12[C@H](c3c(F)cccc3Cl)[C@]1(C#N)C(N)=N[C@@]21OCCS1. The number of thioether (sulfide) groups is 1. The van der Waals surface area contributed by atoms with Crippen molar-refractivity contribution >= 4 is 29.2 Å². The lowest BCUT2D eigenvalue weighted by Crippen LogP contribution is -2.34. The molecular weight excluding hydrogens is 339 g/mol. The minimum atomic E-state index is -1.41. The molecule has 2 N–H and O–H groups in total. The summed E-state index contributed by atoms with van der Waals surface area (Å²) < 4.78 is 20.2.